The summed E-state index contributed by atoms with van der Waals surface area (Å²) in [5.41, 5.74) is 1.94. The Hall–Kier alpha value is -3.28. The second-order valence-corrected chi connectivity index (χ2v) is 6.98. The molecule has 0 bridgehead atoms. The highest BCUT2D eigenvalue weighted by atomic mass is 16.6. The molecule has 1 aliphatic heterocycles. The summed E-state index contributed by atoms with van der Waals surface area (Å²) >= 11 is 0. The van der Waals surface area contributed by atoms with Crippen molar-refractivity contribution in [3.05, 3.63) is 65.9 Å². The largest absolute Gasteiger partial charge is 0.494 e. The molecule has 0 N–H and O–H groups in total. The summed E-state index contributed by atoms with van der Waals surface area (Å²) in [5.74, 6) is 0.993. The number of carbonyl (C=O) groups is 2. The van der Waals surface area contributed by atoms with Gasteiger partial charge in [0.1, 0.15) is 24.7 Å². The molecule has 3 rings (SSSR count). The average molecular weight is 409 g/mol. The van der Waals surface area contributed by atoms with Crippen LogP contribution in [0.5, 0.6) is 11.5 Å². The van der Waals surface area contributed by atoms with Gasteiger partial charge >= 0.3 is 5.97 Å². The van der Waals surface area contributed by atoms with Crippen LogP contribution < -0.4 is 9.47 Å². The van der Waals surface area contributed by atoms with Gasteiger partial charge in [-0.05, 0) is 47.9 Å². The SMILES string of the molecule is CCCOc1ccc(OCCOC(=O)CC2c3ccccc3C=CN2C(C)=O)cc1. The van der Waals surface area contributed by atoms with Crippen molar-refractivity contribution in [3.8, 4) is 11.5 Å². The summed E-state index contributed by atoms with van der Waals surface area (Å²) < 4.78 is 16.5. The van der Waals surface area contributed by atoms with Gasteiger partial charge in [-0.2, -0.15) is 0 Å². The highest BCUT2D eigenvalue weighted by molar-refractivity contribution is 5.80. The van der Waals surface area contributed by atoms with Gasteiger partial charge in [0.05, 0.1) is 19.1 Å². The van der Waals surface area contributed by atoms with Crippen LogP contribution in [0.4, 0.5) is 0 Å². The van der Waals surface area contributed by atoms with Crippen molar-refractivity contribution in [1.82, 2.24) is 4.90 Å². The summed E-state index contributed by atoms with van der Waals surface area (Å²) in [7, 11) is 0. The van der Waals surface area contributed by atoms with E-state index in [9.17, 15) is 9.59 Å². The Morgan fingerprint density at radius 3 is 2.27 bits per heavy atom. The molecule has 1 unspecified atom stereocenters. The van der Waals surface area contributed by atoms with E-state index in [0.717, 1.165) is 23.3 Å². The second-order valence-electron chi connectivity index (χ2n) is 6.98. The molecule has 2 aromatic carbocycles. The summed E-state index contributed by atoms with van der Waals surface area (Å²) in [6.45, 7) is 4.61. The molecule has 1 amide bonds. The lowest BCUT2D eigenvalue weighted by molar-refractivity contribution is -0.146. The molecule has 0 aliphatic carbocycles. The van der Waals surface area contributed by atoms with Gasteiger partial charge in [0.2, 0.25) is 5.91 Å². The number of amides is 1. The van der Waals surface area contributed by atoms with E-state index in [-0.39, 0.29) is 37.6 Å². The maximum atomic E-state index is 12.4. The molecular formula is C24H27NO5. The van der Waals surface area contributed by atoms with Crippen molar-refractivity contribution in [2.75, 3.05) is 19.8 Å². The molecule has 158 valence electrons. The van der Waals surface area contributed by atoms with Crippen LogP contribution in [0.15, 0.2) is 54.7 Å². The molecule has 30 heavy (non-hydrogen) atoms. The Balaban J connectivity index is 1.48. The average Bonchev–Trinajstić information content (AvgIpc) is 2.76. The summed E-state index contributed by atoms with van der Waals surface area (Å²) in [5, 5.41) is 0. The smallest absolute Gasteiger partial charge is 0.308 e. The number of ether oxygens (including phenoxy) is 3. The van der Waals surface area contributed by atoms with Crippen LogP contribution >= 0.6 is 0 Å². The number of fused-ring (bicyclic) bond motifs is 1. The number of nitrogens with zero attached hydrogens (tertiary/aromatic N) is 1. The molecule has 1 atom stereocenters. The lowest BCUT2D eigenvalue weighted by atomic mass is 9.94. The number of rotatable bonds is 9. The van der Waals surface area contributed by atoms with Crippen molar-refractivity contribution in [2.24, 2.45) is 0 Å². The first-order valence-electron chi connectivity index (χ1n) is 10.2. The lowest BCUT2D eigenvalue weighted by Crippen LogP contribution is -2.32. The van der Waals surface area contributed by atoms with Crippen molar-refractivity contribution in [3.63, 3.8) is 0 Å². The van der Waals surface area contributed by atoms with Gasteiger partial charge in [0.25, 0.3) is 0 Å². The first-order valence-corrected chi connectivity index (χ1v) is 10.2. The van der Waals surface area contributed by atoms with Crippen molar-refractivity contribution < 1.29 is 23.8 Å². The topological polar surface area (TPSA) is 65.1 Å². The van der Waals surface area contributed by atoms with Gasteiger partial charge in [-0.3, -0.25) is 9.59 Å². The third kappa shape index (κ3) is 5.63. The van der Waals surface area contributed by atoms with Gasteiger partial charge in [0, 0.05) is 13.1 Å². The van der Waals surface area contributed by atoms with Crippen LogP contribution in [-0.4, -0.2) is 36.6 Å². The van der Waals surface area contributed by atoms with Crippen LogP contribution in [-0.2, 0) is 14.3 Å². The Kier molecular flexibility index (Phi) is 7.49. The van der Waals surface area contributed by atoms with Crippen molar-refractivity contribution in [2.45, 2.75) is 32.7 Å². The zero-order valence-electron chi connectivity index (χ0n) is 17.4. The van der Waals surface area contributed by atoms with Crippen molar-refractivity contribution in [1.29, 1.82) is 0 Å². The fourth-order valence-electron chi connectivity index (χ4n) is 3.30. The van der Waals surface area contributed by atoms with Crippen LogP contribution in [0.25, 0.3) is 6.08 Å². The molecule has 0 saturated heterocycles. The number of esters is 1. The Bertz CT molecular complexity index is 891. The van der Waals surface area contributed by atoms with Crippen LogP contribution in [0.3, 0.4) is 0 Å². The van der Waals surface area contributed by atoms with Gasteiger partial charge in [0.15, 0.2) is 0 Å². The molecule has 0 saturated carbocycles. The Morgan fingerprint density at radius 1 is 0.933 bits per heavy atom. The highest BCUT2D eigenvalue weighted by Gasteiger charge is 2.28. The molecule has 2 aromatic rings. The zero-order valence-corrected chi connectivity index (χ0v) is 17.4. The second kappa shape index (κ2) is 10.5. The Morgan fingerprint density at radius 2 is 1.60 bits per heavy atom. The fourth-order valence-corrected chi connectivity index (χ4v) is 3.30. The first kappa shape index (κ1) is 21.4. The monoisotopic (exact) mass is 409 g/mol. The standard InChI is InChI=1S/C24H27NO5/c1-3-14-28-20-8-10-21(11-9-20)29-15-16-30-24(27)17-23-22-7-5-4-6-19(22)12-13-25(23)18(2)26/h4-13,23H,3,14-17H2,1-2H3. The molecule has 0 radical (unpaired) electrons. The lowest BCUT2D eigenvalue weighted by Gasteiger charge is -2.32. The third-order valence-electron chi connectivity index (χ3n) is 4.74. The van der Waals surface area contributed by atoms with E-state index < -0.39 is 0 Å². The maximum absolute atomic E-state index is 12.4. The first-order chi connectivity index (χ1) is 14.6. The third-order valence-corrected chi connectivity index (χ3v) is 4.74. The van der Waals surface area contributed by atoms with Gasteiger partial charge in [-0.25, -0.2) is 0 Å². The molecule has 6 nitrogen and oxygen atoms in total. The summed E-state index contributed by atoms with van der Waals surface area (Å²) in [4.78, 5) is 26.0. The minimum atomic E-state index is -0.372. The predicted molar refractivity (Wildman–Crippen MR) is 114 cm³/mol. The summed E-state index contributed by atoms with van der Waals surface area (Å²) in [6.07, 6.45) is 4.64. The van der Waals surface area contributed by atoms with E-state index in [2.05, 4.69) is 6.92 Å². The number of benzene rings is 2. The van der Waals surface area contributed by atoms with Gasteiger partial charge in [-0.15, -0.1) is 0 Å². The molecule has 1 aliphatic rings. The van der Waals surface area contributed by atoms with Crippen LogP contribution in [0.1, 0.15) is 43.9 Å². The van der Waals surface area contributed by atoms with E-state index >= 15 is 0 Å². The van der Waals surface area contributed by atoms with E-state index in [4.69, 9.17) is 14.2 Å². The van der Waals surface area contributed by atoms with Crippen molar-refractivity contribution >= 4 is 18.0 Å². The molecule has 6 heteroatoms. The maximum Gasteiger partial charge on any atom is 0.308 e. The van der Waals surface area contributed by atoms with E-state index in [1.165, 1.54) is 6.92 Å². The molecular weight excluding hydrogens is 382 g/mol. The number of carbonyl (C=O) groups excluding carboxylic acids is 2. The van der Waals surface area contributed by atoms with Crippen LogP contribution in [0.2, 0.25) is 0 Å². The Labute approximate surface area is 177 Å². The molecule has 0 fully saturated rings. The number of hydrogen-bond donors (Lipinski definition) is 0. The van der Waals surface area contributed by atoms with Gasteiger partial charge in [-0.1, -0.05) is 31.2 Å². The molecule has 0 aromatic heterocycles. The van der Waals surface area contributed by atoms with E-state index in [1.54, 1.807) is 11.1 Å². The molecule has 0 spiro atoms. The quantitative estimate of drug-likeness (QED) is 0.455. The summed E-state index contributed by atoms with van der Waals surface area (Å²) in [6, 6.07) is 14.7. The minimum Gasteiger partial charge on any atom is -0.494 e. The van der Waals surface area contributed by atoms with E-state index in [0.29, 0.717) is 12.4 Å². The van der Waals surface area contributed by atoms with Crippen LogP contribution in [0, 0.1) is 0 Å². The highest BCUT2D eigenvalue weighted by Crippen LogP contribution is 2.33. The zero-order chi connectivity index (χ0) is 21.3. The molecule has 1 heterocycles. The fraction of sp³-hybridized carbons (Fsp3) is 0.333. The predicted octanol–water partition coefficient (Wildman–Crippen LogP) is 4.36. The normalized spacial score (nSPS) is 14.7. The van der Waals surface area contributed by atoms with Gasteiger partial charge < -0.3 is 19.1 Å². The van der Waals surface area contributed by atoms with E-state index in [1.807, 2.05) is 54.6 Å². The minimum absolute atomic E-state index is 0.0877. The number of hydrogen-bond acceptors (Lipinski definition) is 5.